The van der Waals surface area contributed by atoms with Crippen LogP contribution in [0.1, 0.15) is 11.6 Å². The predicted octanol–water partition coefficient (Wildman–Crippen LogP) is 0.724. The standard InChI is InChI=1S/C19H26N4O4/c1-22-7-9-23(10-8-22)12-15-16(18(24)27-3)17(21-19(25)20-15)13-5-4-6-14(11-13)26-2/h4-6,11,17H,7-10,12H2,1-3H3,(H2,20,21,25)/t17-/m1/s1. The number of benzene rings is 1. The summed E-state index contributed by atoms with van der Waals surface area (Å²) >= 11 is 0. The van der Waals surface area contributed by atoms with Crippen LogP contribution >= 0.6 is 0 Å². The van der Waals surface area contributed by atoms with E-state index in [0.717, 1.165) is 31.7 Å². The molecule has 1 aromatic rings. The Kier molecular flexibility index (Phi) is 5.98. The van der Waals surface area contributed by atoms with Gasteiger partial charge in [-0.05, 0) is 24.7 Å². The number of hydrogen-bond acceptors (Lipinski definition) is 6. The van der Waals surface area contributed by atoms with Crippen LogP contribution < -0.4 is 15.4 Å². The van der Waals surface area contributed by atoms with Gasteiger partial charge in [0.25, 0.3) is 0 Å². The number of nitrogens with zero attached hydrogens (tertiary/aromatic N) is 2. The quantitative estimate of drug-likeness (QED) is 0.739. The number of carbonyl (C=O) groups excluding carboxylic acids is 2. The van der Waals surface area contributed by atoms with E-state index in [9.17, 15) is 9.59 Å². The van der Waals surface area contributed by atoms with Crippen molar-refractivity contribution in [1.82, 2.24) is 20.4 Å². The average Bonchev–Trinajstić information content (AvgIpc) is 2.68. The largest absolute Gasteiger partial charge is 0.497 e. The molecule has 2 amide bonds. The zero-order valence-corrected chi connectivity index (χ0v) is 15.9. The molecule has 0 bridgehead atoms. The van der Waals surface area contributed by atoms with Gasteiger partial charge in [-0.3, -0.25) is 4.90 Å². The summed E-state index contributed by atoms with van der Waals surface area (Å²) in [7, 11) is 5.01. The molecule has 0 aromatic heterocycles. The first-order chi connectivity index (χ1) is 13.0. The molecule has 1 atom stereocenters. The fourth-order valence-corrected chi connectivity index (χ4v) is 3.39. The van der Waals surface area contributed by atoms with E-state index in [0.29, 0.717) is 23.6 Å². The van der Waals surface area contributed by atoms with Crippen molar-refractivity contribution in [2.75, 3.05) is 54.0 Å². The summed E-state index contributed by atoms with van der Waals surface area (Å²) in [5.41, 5.74) is 1.77. The monoisotopic (exact) mass is 374 g/mol. The van der Waals surface area contributed by atoms with E-state index in [2.05, 4.69) is 27.5 Å². The smallest absolute Gasteiger partial charge is 0.338 e. The number of nitrogens with one attached hydrogen (secondary N) is 2. The molecule has 2 heterocycles. The maximum Gasteiger partial charge on any atom is 0.338 e. The zero-order chi connectivity index (χ0) is 19.4. The maximum absolute atomic E-state index is 12.6. The lowest BCUT2D eigenvalue weighted by atomic mass is 9.94. The number of urea groups is 1. The second kappa shape index (κ2) is 8.41. The Morgan fingerprint density at radius 1 is 1.22 bits per heavy atom. The van der Waals surface area contributed by atoms with E-state index < -0.39 is 12.0 Å². The number of esters is 1. The lowest BCUT2D eigenvalue weighted by Gasteiger charge is -2.35. The summed E-state index contributed by atoms with van der Waals surface area (Å²) < 4.78 is 10.3. The van der Waals surface area contributed by atoms with E-state index >= 15 is 0 Å². The maximum atomic E-state index is 12.6. The van der Waals surface area contributed by atoms with Crippen molar-refractivity contribution in [2.24, 2.45) is 0 Å². The zero-order valence-electron chi connectivity index (χ0n) is 15.9. The van der Waals surface area contributed by atoms with Gasteiger partial charge >= 0.3 is 12.0 Å². The van der Waals surface area contributed by atoms with E-state index in [1.54, 1.807) is 7.11 Å². The molecule has 1 saturated heterocycles. The Morgan fingerprint density at radius 3 is 2.63 bits per heavy atom. The molecule has 0 spiro atoms. The van der Waals surface area contributed by atoms with E-state index in [1.807, 2.05) is 24.3 Å². The molecule has 0 saturated carbocycles. The van der Waals surface area contributed by atoms with Gasteiger partial charge in [-0.2, -0.15) is 0 Å². The third-order valence-electron chi connectivity index (χ3n) is 4.96. The second-order valence-corrected chi connectivity index (χ2v) is 6.77. The highest BCUT2D eigenvalue weighted by molar-refractivity contribution is 5.95. The van der Waals surface area contributed by atoms with Crippen LogP contribution in [-0.4, -0.2) is 75.8 Å². The molecule has 2 aliphatic heterocycles. The molecule has 3 rings (SSSR count). The minimum atomic E-state index is -0.594. The number of methoxy groups -OCH3 is 2. The van der Waals surface area contributed by atoms with Crippen molar-refractivity contribution in [3.63, 3.8) is 0 Å². The van der Waals surface area contributed by atoms with Crippen molar-refractivity contribution in [3.8, 4) is 5.75 Å². The van der Waals surface area contributed by atoms with Gasteiger partial charge in [0.1, 0.15) is 5.75 Å². The fraction of sp³-hybridized carbons (Fsp3) is 0.474. The van der Waals surface area contributed by atoms with Gasteiger partial charge in [0, 0.05) is 38.4 Å². The van der Waals surface area contributed by atoms with Crippen LogP contribution in [-0.2, 0) is 9.53 Å². The van der Waals surface area contributed by atoms with Crippen molar-refractivity contribution in [1.29, 1.82) is 0 Å². The van der Waals surface area contributed by atoms with Gasteiger partial charge in [-0.25, -0.2) is 9.59 Å². The lowest BCUT2D eigenvalue weighted by molar-refractivity contribution is -0.136. The third-order valence-corrected chi connectivity index (χ3v) is 4.96. The molecule has 27 heavy (non-hydrogen) atoms. The third kappa shape index (κ3) is 4.40. The van der Waals surface area contributed by atoms with Crippen LogP contribution in [0, 0.1) is 0 Å². The molecule has 1 fully saturated rings. The summed E-state index contributed by atoms with van der Waals surface area (Å²) in [6.07, 6.45) is 0. The first kappa shape index (κ1) is 19.2. The molecule has 2 aliphatic rings. The van der Waals surface area contributed by atoms with Gasteiger partial charge in [-0.15, -0.1) is 0 Å². The first-order valence-corrected chi connectivity index (χ1v) is 8.95. The van der Waals surface area contributed by atoms with Crippen LogP contribution in [0.25, 0.3) is 0 Å². The summed E-state index contributed by atoms with van der Waals surface area (Å²) in [6, 6.07) is 6.39. The number of rotatable bonds is 5. The van der Waals surface area contributed by atoms with Crippen molar-refractivity contribution in [2.45, 2.75) is 6.04 Å². The Labute approximate surface area is 159 Å². The highest BCUT2D eigenvalue weighted by atomic mass is 16.5. The highest BCUT2D eigenvalue weighted by Crippen LogP contribution is 2.30. The van der Waals surface area contributed by atoms with Gasteiger partial charge in [0.15, 0.2) is 0 Å². The molecule has 8 heteroatoms. The van der Waals surface area contributed by atoms with Gasteiger partial charge < -0.3 is 25.0 Å². The van der Waals surface area contributed by atoms with Crippen LogP contribution in [0.4, 0.5) is 4.79 Å². The normalized spacial score (nSPS) is 21.4. The van der Waals surface area contributed by atoms with Crippen LogP contribution in [0.3, 0.4) is 0 Å². The molecule has 0 unspecified atom stereocenters. The summed E-state index contributed by atoms with van der Waals surface area (Å²) in [6.45, 7) is 4.15. The Bertz CT molecular complexity index is 741. The molecule has 146 valence electrons. The topological polar surface area (TPSA) is 83.1 Å². The van der Waals surface area contributed by atoms with Crippen molar-refractivity contribution < 1.29 is 19.1 Å². The van der Waals surface area contributed by atoms with Crippen molar-refractivity contribution in [3.05, 3.63) is 41.1 Å². The Hall–Kier alpha value is -2.58. The summed E-state index contributed by atoms with van der Waals surface area (Å²) in [4.78, 5) is 29.4. The molecule has 8 nitrogen and oxygen atoms in total. The molecular formula is C19H26N4O4. The molecule has 1 aromatic carbocycles. The number of ether oxygens (including phenoxy) is 2. The Morgan fingerprint density at radius 2 is 1.96 bits per heavy atom. The average molecular weight is 374 g/mol. The van der Waals surface area contributed by atoms with Gasteiger partial charge in [-0.1, -0.05) is 12.1 Å². The predicted molar refractivity (Wildman–Crippen MR) is 100 cm³/mol. The number of amides is 2. The highest BCUT2D eigenvalue weighted by Gasteiger charge is 2.34. The number of piperazine rings is 1. The lowest BCUT2D eigenvalue weighted by Crippen LogP contribution is -2.51. The fourth-order valence-electron chi connectivity index (χ4n) is 3.39. The van der Waals surface area contributed by atoms with E-state index in [4.69, 9.17) is 9.47 Å². The number of hydrogen-bond donors (Lipinski definition) is 2. The van der Waals surface area contributed by atoms with Gasteiger partial charge in [0.05, 0.1) is 25.8 Å². The minimum Gasteiger partial charge on any atom is -0.497 e. The minimum absolute atomic E-state index is 0.334. The van der Waals surface area contributed by atoms with E-state index in [1.165, 1.54) is 7.11 Å². The number of carbonyl (C=O) groups is 2. The van der Waals surface area contributed by atoms with Crippen LogP contribution in [0.5, 0.6) is 5.75 Å². The molecule has 0 radical (unpaired) electrons. The number of likely N-dealkylation sites (N-methyl/N-ethyl adjacent to an activating group) is 1. The first-order valence-electron chi connectivity index (χ1n) is 8.95. The van der Waals surface area contributed by atoms with Crippen molar-refractivity contribution >= 4 is 12.0 Å². The summed E-state index contributed by atoms with van der Waals surface area (Å²) in [5.74, 6) is 0.199. The molecular weight excluding hydrogens is 348 g/mol. The van der Waals surface area contributed by atoms with E-state index in [-0.39, 0.29) is 6.03 Å². The molecule has 2 N–H and O–H groups in total. The van der Waals surface area contributed by atoms with Gasteiger partial charge in [0.2, 0.25) is 0 Å². The molecule has 0 aliphatic carbocycles. The van der Waals surface area contributed by atoms with Crippen LogP contribution in [0.2, 0.25) is 0 Å². The SMILES string of the molecule is COC(=O)C1=C(CN2CCN(C)CC2)NC(=O)N[C@@H]1c1cccc(OC)c1. The van der Waals surface area contributed by atoms with Crippen LogP contribution in [0.15, 0.2) is 35.5 Å². The second-order valence-electron chi connectivity index (χ2n) is 6.77. The Balaban J connectivity index is 1.95. The summed E-state index contributed by atoms with van der Waals surface area (Å²) in [5, 5.41) is 5.64.